The highest BCUT2D eigenvalue weighted by atomic mass is 16.6. The van der Waals surface area contributed by atoms with Gasteiger partial charge in [0.25, 0.3) is 5.69 Å². The Morgan fingerprint density at radius 3 is 2.07 bits per heavy atom. The first-order chi connectivity index (χ1) is 13.4. The van der Waals surface area contributed by atoms with Crippen LogP contribution in [0.25, 0.3) is 10.8 Å². The van der Waals surface area contributed by atoms with Gasteiger partial charge in [-0.3, -0.25) is 19.7 Å². The molecule has 2 aliphatic carbocycles. The number of hydrogen-bond acceptors (Lipinski definition) is 4. The quantitative estimate of drug-likeness (QED) is 0.340. The molecule has 1 heterocycles. The van der Waals surface area contributed by atoms with Crippen LogP contribution in [0.1, 0.15) is 26.7 Å². The smallest absolute Gasteiger partial charge is 0.274 e. The van der Waals surface area contributed by atoms with E-state index in [0.717, 1.165) is 12.8 Å². The van der Waals surface area contributed by atoms with E-state index in [-0.39, 0.29) is 41.2 Å². The second-order valence-corrected chi connectivity index (χ2v) is 8.22. The largest absolute Gasteiger partial charge is 0.277 e. The van der Waals surface area contributed by atoms with Gasteiger partial charge in [0.15, 0.2) is 0 Å². The topological polar surface area (TPSA) is 80.5 Å². The molecule has 2 aromatic carbocycles. The predicted octanol–water partition coefficient (Wildman–Crippen LogP) is 4.23. The van der Waals surface area contributed by atoms with Gasteiger partial charge in [-0.2, -0.15) is 0 Å². The van der Waals surface area contributed by atoms with Crippen molar-refractivity contribution in [3.8, 4) is 0 Å². The van der Waals surface area contributed by atoms with Crippen molar-refractivity contribution in [2.45, 2.75) is 26.7 Å². The molecule has 0 radical (unpaired) electrons. The Labute approximate surface area is 162 Å². The summed E-state index contributed by atoms with van der Waals surface area (Å²) in [6.07, 6.45) is 1.92. The molecular weight excluding hydrogens is 356 g/mol. The molecule has 4 atom stereocenters. The Balaban J connectivity index is 1.65. The van der Waals surface area contributed by atoms with Crippen LogP contribution in [-0.2, 0) is 9.59 Å². The van der Waals surface area contributed by atoms with E-state index in [1.807, 2.05) is 0 Å². The van der Waals surface area contributed by atoms with E-state index in [1.54, 1.807) is 30.3 Å². The fourth-order valence-electron chi connectivity index (χ4n) is 5.85. The Bertz CT molecular complexity index is 1070. The van der Waals surface area contributed by atoms with Crippen molar-refractivity contribution in [1.29, 1.82) is 0 Å². The molecular formula is C22H20N2O4. The third-order valence-electron chi connectivity index (χ3n) is 6.75. The van der Waals surface area contributed by atoms with Crippen LogP contribution in [0.2, 0.25) is 0 Å². The van der Waals surface area contributed by atoms with Gasteiger partial charge in [-0.05, 0) is 50.7 Å². The summed E-state index contributed by atoms with van der Waals surface area (Å²) in [5.41, 5.74) is 2.98. The molecule has 5 rings (SSSR count). The number of nitro benzene ring substituents is 1. The summed E-state index contributed by atoms with van der Waals surface area (Å²) in [4.78, 5) is 39.0. The lowest BCUT2D eigenvalue weighted by Gasteiger charge is -2.20. The van der Waals surface area contributed by atoms with Crippen molar-refractivity contribution < 1.29 is 14.5 Å². The van der Waals surface area contributed by atoms with Crippen LogP contribution >= 0.6 is 0 Å². The first-order valence-electron chi connectivity index (χ1n) is 9.63. The second-order valence-electron chi connectivity index (χ2n) is 8.22. The molecule has 1 unspecified atom stereocenters. The van der Waals surface area contributed by atoms with Gasteiger partial charge in [-0.1, -0.05) is 29.3 Å². The minimum Gasteiger partial charge on any atom is -0.274 e. The number of fused-ring (bicyclic) bond motifs is 6. The summed E-state index contributed by atoms with van der Waals surface area (Å²) < 4.78 is 0. The summed E-state index contributed by atoms with van der Waals surface area (Å²) in [7, 11) is 0. The van der Waals surface area contributed by atoms with E-state index >= 15 is 0 Å². The lowest BCUT2D eigenvalue weighted by molar-refractivity contribution is -0.383. The average molecular weight is 376 g/mol. The lowest BCUT2D eigenvalue weighted by atomic mass is 9.81. The summed E-state index contributed by atoms with van der Waals surface area (Å²) in [5.74, 6) is -0.563. The van der Waals surface area contributed by atoms with E-state index in [9.17, 15) is 19.7 Å². The van der Waals surface area contributed by atoms with Crippen molar-refractivity contribution in [1.82, 2.24) is 0 Å². The number of imide groups is 1. The molecule has 142 valence electrons. The summed E-state index contributed by atoms with van der Waals surface area (Å²) >= 11 is 0. The van der Waals surface area contributed by atoms with Crippen LogP contribution in [0.3, 0.4) is 0 Å². The fraction of sp³-hybridized carbons (Fsp3) is 0.364. The second kappa shape index (κ2) is 5.74. The zero-order valence-electron chi connectivity index (χ0n) is 15.7. The van der Waals surface area contributed by atoms with E-state index in [0.29, 0.717) is 16.5 Å². The molecule has 2 amide bonds. The molecule has 2 bridgehead atoms. The Morgan fingerprint density at radius 2 is 1.54 bits per heavy atom. The minimum atomic E-state index is -0.435. The number of anilines is 1. The number of amides is 2. The third kappa shape index (κ3) is 2.03. The van der Waals surface area contributed by atoms with Gasteiger partial charge >= 0.3 is 0 Å². The monoisotopic (exact) mass is 376 g/mol. The highest BCUT2D eigenvalue weighted by molar-refractivity contribution is 6.26. The van der Waals surface area contributed by atoms with Crippen LogP contribution in [0.5, 0.6) is 0 Å². The van der Waals surface area contributed by atoms with E-state index in [1.165, 1.54) is 22.1 Å². The highest BCUT2D eigenvalue weighted by Crippen LogP contribution is 2.60. The van der Waals surface area contributed by atoms with Gasteiger partial charge in [0.1, 0.15) is 0 Å². The molecule has 6 heteroatoms. The number of carbonyl (C=O) groups is 2. The van der Waals surface area contributed by atoms with E-state index in [4.69, 9.17) is 0 Å². The maximum atomic E-state index is 13.4. The van der Waals surface area contributed by atoms with Gasteiger partial charge in [-0.15, -0.1) is 0 Å². The zero-order valence-corrected chi connectivity index (χ0v) is 15.7. The number of allylic oxidation sites excluding steroid dienone is 2. The molecule has 1 aliphatic heterocycles. The van der Waals surface area contributed by atoms with Crippen molar-refractivity contribution in [2.24, 2.45) is 23.7 Å². The molecule has 0 aromatic heterocycles. The molecule has 0 spiro atoms. The average Bonchev–Trinajstić information content (AvgIpc) is 3.31. The predicted molar refractivity (Wildman–Crippen MR) is 105 cm³/mol. The first kappa shape index (κ1) is 17.1. The summed E-state index contributed by atoms with van der Waals surface area (Å²) in [6.45, 7) is 4.14. The Hall–Kier alpha value is -3.02. The molecule has 0 N–H and O–H groups in total. The number of rotatable bonds is 2. The molecule has 6 nitrogen and oxygen atoms in total. The summed E-state index contributed by atoms with van der Waals surface area (Å²) in [6, 6.07) is 9.83. The molecule has 1 saturated heterocycles. The molecule has 2 aromatic rings. The van der Waals surface area contributed by atoms with Crippen LogP contribution in [0.15, 0.2) is 47.5 Å². The summed E-state index contributed by atoms with van der Waals surface area (Å²) in [5, 5.41) is 12.4. The van der Waals surface area contributed by atoms with Gasteiger partial charge in [0.2, 0.25) is 11.8 Å². The number of carbonyl (C=O) groups excluding carboxylic acids is 2. The number of non-ortho nitro benzene ring substituents is 1. The van der Waals surface area contributed by atoms with Crippen molar-refractivity contribution in [2.75, 3.05) is 4.90 Å². The Kier molecular flexibility index (Phi) is 3.50. The molecule has 2 saturated carbocycles. The number of hydrogen-bond donors (Lipinski definition) is 0. The van der Waals surface area contributed by atoms with Gasteiger partial charge < -0.3 is 0 Å². The third-order valence-corrected chi connectivity index (χ3v) is 6.75. The standard InChI is InChI=1S/C22H20N2O4/c1-11(2)18-14-7-8-15(18)20-19(14)21(25)23(22(20)26)16-9-10-17(24(27)28)13-6-4-3-5-12(13)16/h3-6,9-10,14-15,19-20H,7-8H2,1-2H3/t14-,15+,19+,20?/m0/s1. The normalized spacial score (nSPS) is 28.4. The van der Waals surface area contributed by atoms with Crippen molar-refractivity contribution in [3.05, 3.63) is 57.7 Å². The number of nitro groups is 1. The Morgan fingerprint density at radius 1 is 0.964 bits per heavy atom. The lowest BCUT2D eigenvalue weighted by Crippen LogP contribution is -2.33. The van der Waals surface area contributed by atoms with Crippen molar-refractivity contribution in [3.63, 3.8) is 0 Å². The van der Waals surface area contributed by atoms with E-state index in [2.05, 4.69) is 13.8 Å². The fourth-order valence-corrected chi connectivity index (χ4v) is 5.85. The maximum absolute atomic E-state index is 13.4. The van der Waals surface area contributed by atoms with Crippen LogP contribution in [0, 0.1) is 33.8 Å². The molecule has 28 heavy (non-hydrogen) atoms. The molecule has 3 aliphatic rings. The van der Waals surface area contributed by atoms with Gasteiger partial charge in [-0.25, -0.2) is 4.90 Å². The van der Waals surface area contributed by atoms with Crippen LogP contribution in [-0.4, -0.2) is 16.7 Å². The van der Waals surface area contributed by atoms with Crippen molar-refractivity contribution >= 4 is 34.0 Å². The van der Waals surface area contributed by atoms with Crippen LogP contribution in [0.4, 0.5) is 11.4 Å². The highest BCUT2D eigenvalue weighted by Gasteiger charge is 2.63. The van der Waals surface area contributed by atoms with Gasteiger partial charge in [0, 0.05) is 11.5 Å². The van der Waals surface area contributed by atoms with E-state index < -0.39 is 4.92 Å². The number of benzene rings is 2. The zero-order chi connectivity index (χ0) is 19.7. The first-order valence-corrected chi connectivity index (χ1v) is 9.63. The van der Waals surface area contributed by atoms with Crippen LogP contribution < -0.4 is 4.90 Å². The SMILES string of the molecule is CC(C)=C1[C@H]2CC[C@@H]1[C@H]1C(=O)N(c3ccc([N+](=O)[O-])c4ccccc34)C(=O)C21. The minimum absolute atomic E-state index is 0.0227. The maximum Gasteiger partial charge on any atom is 0.277 e. The number of nitrogens with zero attached hydrogens (tertiary/aromatic N) is 2. The molecule has 3 fully saturated rings. The van der Waals surface area contributed by atoms with Gasteiger partial charge in [0.05, 0.1) is 27.8 Å².